The minimum atomic E-state index is -1.59. The summed E-state index contributed by atoms with van der Waals surface area (Å²) in [5.41, 5.74) is 4.45. The Bertz CT molecular complexity index is 595. The van der Waals surface area contributed by atoms with Gasteiger partial charge >= 0.3 is 0 Å². The van der Waals surface area contributed by atoms with Crippen molar-refractivity contribution in [1.29, 1.82) is 0 Å². The van der Waals surface area contributed by atoms with Crippen LogP contribution in [0.5, 0.6) is 0 Å². The summed E-state index contributed by atoms with van der Waals surface area (Å²) in [7, 11) is 0. The van der Waals surface area contributed by atoms with Crippen LogP contribution in [0.4, 0.5) is 5.69 Å². The van der Waals surface area contributed by atoms with E-state index in [9.17, 15) is 30.2 Å². The van der Waals surface area contributed by atoms with Gasteiger partial charge in [-0.15, -0.1) is 0 Å². The minimum Gasteiger partial charge on any atom is -0.394 e. The van der Waals surface area contributed by atoms with Crippen LogP contribution in [0.25, 0.3) is 0 Å². The minimum absolute atomic E-state index is 0.0996. The number of aliphatic hydroxyl groups excluding tert-OH is 4. The van der Waals surface area contributed by atoms with Crippen molar-refractivity contribution in [2.24, 2.45) is 0 Å². The first-order valence-electron chi connectivity index (χ1n) is 6.96. The zero-order valence-corrected chi connectivity index (χ0v) is 12.3. The van der Waals surface area contributed by atoms with Crippen LogP contribution in [0, 0.1) is 10.1 Å². The van der Waals surface area contributed by atoms with E-state index in [-0.39, 0.29) is 11.3 Å². The van der Waals surface area contributed by atoms with Gasteiger partial charge in [-0.05, 0) is 12.1 Å². The van der Waals surface area contributed by atoms with Crippen LogP contribution in [0.2, 0.25) is 0 Å². The second-order valence-electron chi connectivity index (χ2n) is 5.16. The molecule has 0 aliphatic carbocycles. The summed E-state index contributed by atoms with van der Waals surface area (Å²) in [5.74, 6) is -0.678. The Labute approximate surface area is 135 Å². The predicted molar refractivity (Wildman–Crippen MR) is 77.5 cm³/mol. The van der Waals surface area contributed by atoms with Gasteiger partial charge in [0.1, 0.15) is 24.4 Å². The number of nitro groups is 1. The molecule has 0 radical (unpaired) electrons. The molecular formula is C13H17N3O8. The van der Waals surface area contributed by atoms with Crippen LogP contribution in [-0.2, 0) is 4.74 Å². The van der Waals surface area contributed by atoms with Crippen molar-refractivity contribution in [2.75, 3.05) is 6.61 Å². The van der Waals surface area contributed by atoms with Crippen LogP contribution < -0.4 is 10.9 Å². The third-order valence-electron chi connectivity index (χ3n) is 3.59. The van der Waals surface area contributed by atoms with E-state index in [1.807, 2.05) is 0 Å². The zero-order valence-electron chi connectivity index (χ0n) is 12.3. The fourth-order valence-corrected chi connectivity index (χ4v) is 2.21. The van der Waals surface area contributed by atoms with Gasteiger partial charge in [0.2, 0.25) is 0 Å². The second-order valence-corrected chi connectivity index (χ2v) is 5.16. The number of aliphatic hydroxyl groups is 4. The van der Waals surface area contributed by atoms with E-state index in [0.29, 0.717) is 0 Å². The Morgan fingerprint density at radius 3 is 2.38 bits per heavy atom. The molecule has 1 heterocycles. The van der Waals surface area contributed by atoms with Crippen LogP contribution >= 0.6 is 0 Å². The van der Waals surface area contributed by atoms with Gasteiger partial charge in [0.05, 0.1) is 11.5 Å². The Hall–Kier alpha value is -2.15. The molecule has 1 saturated heterocycles. The first kappa shape index (κ1) is 18.2. The van der Waals surface area contributed by atoms with Gasteiger partial charge < -0.3 is 25.2 Å². The molecular weight excluding hydrogens is 326 g/mol. The molecule has 0 aromatic heterocycles. The van der Waals surface area contributed by atoms with Gasteiger partial charge in [-0.3, -0.25) is 20.3 Å². The molecule has 11 heteroatoms. The van der Waals surface area contributed by atoms with Crippen molar-refractivity contribution in [1.82, 2.24) is 10.9 Å². The third kappa shape index (κ3) is 3.84. The summed E-state index contributed by atoms with van der Waals surface area (Å²) in [4.78, 5) is 21.9. The van der Waals surface area contributed by atoms with Crippen molar-refractivity contribution >= 4 is 11.6 Å². The van der Waals surface area contributed by atoms with Gasteiger partial charge in [-0.1, -0.05) is 0 Å². The van der Waals surface area contributed by atoms with Crippen LogP contribution in [0.1, 0.15) is 10.4 Å². The molecule has 24 heavy (non-hydrogen) atoms. The van der Waals surface area contributed by atoms with E-state index in [2.05, 4.69) is 10.9 Å². The first-order chi connectivity index (χ1) is 11.3. The molecule has 1 aromatic rings. The standard InChI is InChI=1S/C13H17N3O8/c17-5-8-10(18)11(19)9(13(21)24-8)14-15-12(20)6-1-3-7(4-2-6)16(22)23/h1-4,8-11,13-14,17-19,21H,5H2,(H,15,20)/t8-,9-,10+,11-,13+/m1/s1. The normalized spacial score (nSPS) is 29.9. The molecule has 0 saturated carbocycles. The summed E-state index contributed by atoms with van der Waals surface area (Å²) in [6.45, 7) is -0.600. The molecule has 132 valence electrons. The predicted octanol–water partition coefficient (Wildman–Crippen LogP) is -2.37. The molecule has 0 unspecified atom stereocenters. The lowest BCUT2D eigenvalue weighted by Gasteiger charge is -2.40. The molecule has 0 spiro atoms. The highest BCUT2D eigenvalue weighted by Crippen LogP contribution is 2.19. The Morgan fingerprint density at radius 2 is 1.83 bits per heavy atom. The van der Waals surface area contributed by atoms with Gasteiger partial charge in [0.25, 0.3) is 11.6 Å². The average molecular weight is 343 g/mol. The fraction of sp³-hybridized carbons (Fsp3) is 0.462. The van der Waals surface area contributed by atoms with E-state index < -0.39 is 48.1 Å². The second kappa shape index (κ2) is 7.61. The molecule has 5 atom stereocenters. The number of nitrogens with zero attached hydrogens (tertiary/aromatic N) is 1. The topological polar surface area (TPSA) is 174 Å². The maximum atomic E-state index is 11.9. The third-order valence-corrected chi connectivity index (χ3v) is 3.59. The van der Waals surface area contributed by atoms with E-state index in [4.69, 9.17) is 9.84 Å². The Kier molecular flexibility index (Phi) is 5.77. The lowest BCUT2D eigenvalue weighted by atomic mass is 9.98. The number of carbonyl (C=O) groups excluding carboxylic acids is 1. The maximum absolute atomic E-state index is 11.9. The van der Waals surface area contributed by atoms with E-state index in [1.54, 1.807) is 0 Å². The number of rotatable bonds is 5. The lowest BCUT2D eigenvalue weighted by molar-refractivity contribution is -0.384. The fourth-order valence-electron chi connectivity index (χ4n) is 2.21. The quantitative estimate of drug-likeness (QED) is 0.252. The molecule has 1 amide bonds. The number of carbonyl (C=O) groups is 1. The molecule has 1 aromatic carbocycles. The molecule has 2 rings (SSSR count). The van der Waals surface area contributed by atoms with E-state index >= 15 is 0 Å². The van der Waals surface area contributed by atoms with Crippen molar-refractivity contribution in [3.63, 3.8) is 0 Å². The van der Waals surface area contributed by atoms with Crippen molar-refractivity contribution in [2.45, 2.75) is 30.6 Å². The van der Waals surface area contributed by atoms with E-state index in [0.717, 1.165) is 12.1 Å². The van der Waals surface area contributed by atoms with Gasteiger partial charge in [0, 0.05) is 17.7 Å². The smallest absolute Gasteiger partial charge is 0.269 e. The molecule has 1 fully saturated rings. The zero-order chi connectivity index (χ0) is 17.9. The summed E-state index contributed by atoms with van der Waals surface area (Å²) in [6, 6.07) is 3.52. The number of nitro benzene ring substituents is 1. The van der Waals surface area contributed by atoms with Gasteiger partial charge in [0.15, 0.2) is 6.29 Å². The highest BCUT2D eigenvalue weighted by molar-refractivity contribution is 5.94. The summed E-state index contributed by atoms with van der Waals surface area (Å²) in [5, 5.41) is 48.9. The van der Waals surface area contributed by atoms with Crippen LogP contribution in [0.15, 0.2) is 24.3 Å². The Balaban J connectivity index is 1.96. The number of amides is 1. The number of benzene rings is 1. The number of ether oxygens (including phenoxy) is 1. The number of nitrogens with one attached hydrogen (secondary N) is 2. The highest BCUT2D eigenvalue weighted by atomic mass is 16.6. The summed E-state index contributed by atoms with van der Waals surface area (Å²) in [6.07, 6.45) is -5.72. The molecule has 1 aliphatic rings. The molecule has 6 N–H and O–H groups in total. The Morgan fingerprint density at radius 1 is 1.21 bits per heavy atom. The first-order valence-corrected chi connectivity index (χ1v) is 6.96. The van der Waals surface area contributed by atoms with Crippen molar-refractivity contribution < 1.29 is 34.9 Å². The van der Waals surface area contributed by atoms with Gasteiger partial charge in [-0.2, -0.15) is 0 Å². The molecule has 0 bridgehead atoms. The summed E-state index contributed by atoms with van der Waals surface area (Å²) >= 11 is 0. The SMILES string of the molecule is O=C(NN[C@@H]1[C@@H](O)[C@@H](O)[C@@H](CO)O[C@@H]1O)c1ccc([N+](=O)[O-])cc1. The average Bonchev–Trinajstić information content (AvgIpc) is 2.57. The number of hydrazine groups is 1. The van der Waals surface area contributed by atoms with Crippen LogP contribution in [0.3, 0.4) is 0 Å². The van der Waals surface area contributed by atoms with E-state index in [1.165, 1.54) is 12.1 Å². The molecule has 1 aliphatic heterocycles. The lowest BCUT2D eigenvalue weighted by Crippen LogP contribution is -2.66. The number of hydrogen-bond donors (Lipinski definition) is 6. The largest absolute Gasteiger partial charge is 0.394 e. The maximum Gasteiger partial charge on any atom is 0.269 e. The molecule has 11 nitrogen and oxygen atoms in total. The van der Waals surface area contributed by atoms with Gasteiger partial charge in [-0.25, -0.2) is 5.43 Å². The van der Waals surface area contributed by atoms with Crippen molar-refractivity contribution in [3.05, 3.63) is 39.9 Å². The summed E-state index contributed by atoms with van der Waals surface area (Å²) < 4.78 is 4.92. The monoisotopic (exact) mass is 343 g/mol. The van der Waals surface area contributed by atoms with Crippen molar-refractivity contribution in [3.8, 4) is 0 Å². The number of non-ortho nitro benzene ring substituents is 1. The number of hydrogen-bond acceptors (Lipinski definition) is 9. The van der Waals surface area contributed by atoms with Crippen LogP contribution in [-0.4, -0.2) is 68.5 Å². The highest BCUT2D eigenvalue weighted by Gasteiger charge is 2.43.